The fourth-order valence-electron chi connectivity index (χ4n) is 3.35. The van der Waals surface area contributed by atoms with Crippen LogP contribution in [0.2, 0.25) is 0 Å². The van der Waals surface area contributed by atoms with Crippen LogP contribution in [0.4, 0.5) is 10.2 Å². The predicted octanol–water partition coefficient (Wildman–Crippen LogP) is 2.76. The molecule has 8 nitrogen and oxygen atoms in total. The van der Waals surface area contributed by atoms with E-state index in [1.165, 1.54) is 12.1 Å². The van der Waals surface area contributed by atoms with Gasteiger partial charge in [-0.15, -0.1) is 5.10 Å². The molecule has 27 heavy (non-hydrogen) atoms. The highest BCUT2D eigenvalue weighted by Crippen LogP contribution is 2.36. The first kappa shape index (κ1) is 15.4. The highest BCUT2D eigenvalue weighted by atomic mass is 19.1. The Morgan fingerprint density at radius 2 is 2.00 bits per heavy atom. The minimum atomic E-state index is -0.281. The normalized spacial score (nSPS) is 11.5. The molecule has 0 aliphatic rings. The smallest absolute Gasteiger partial charge is 0.184 e. The average Bonchev–Trinajstić information content (AvgIpc) is 3.32. The number of rotatable bonds is 2. The summed E-state index contributed by atoms with van der Waals surface area (Å²) in [6.45, 7) is 1.98. The van der Waals surface area contributed by atoms with Crippen molar-refractivity contribution in [2.24, 2.45) is 0 Å². The molecule has 0 unspecified atom stereocenters. The van der Waals surface area contributed by atoms with Gasteiger partial charge in [-0.25, -0.2) is 14.5 Å². The van der Waals surface area contributed by atoms with Gasteiger partial charge < -0.3 is 5.73 Å². The Kier molecular flexibility index (Phi) is 3.17. The van der Waals surface area contributed by atoms with Crippen molar-refractivity contribution in [3.05, 3.63) is 54.1 Å². The van der Waals surface area contributed by atoms with E-state index in [1.54, 1.807) is 23.0 Å². The van der Waals surface area contributed by atoms with E-state index in [-0.39, 0.29) is 5.82 Å². The molecular formula is C18H13FN8. The molecule has 0 atom stereocenters. The van der Waals surface area contributed by atoms with Gasteiger partial charge in [0.2, 0.25) is 0 Å². The Hall–Kier alpha value is -3.88. The highest BCUT2D eigenvalue weighted by molar-refractivity contribution is 6.00. The van der Waals surface area contributed by atoms with E-state index >= 15 is 0 Å². The molecule has 0 aliphatic heterocycles. The van der Waals surface area contributed by atoms with Crippen molar-refractivity contribution in [2.75, 3.05) is 5.73 Å². The second kappa shape index (κ2) is 5.56. The molecule has 5 rings (SSSR count). The maximum atomic E-state index is 13.6. The number of aromatic nitrogens is 7. The zero-order valence-corrected chi connectivity index (χ0v) is 14.2. The van der Waals surface area contributed by atoms with Gasteiger partial charge in [0.1, 0.15) is 11.6 Å². The number of aromatic amines is 1. The van der Waals surface area contributed by atoms with Crippen molar-refractivity contribution in [3.8, 4) is 22.5 Å². The first-order chi connectivity index (χ1) is 13.1. The first-order valence-corrected chi connectivity index (χ1v) is 8.19. The van der Waals surface area contributed by atoms with Crippen molar-refractivity contribution in [3.63, 3.8) is 0 Å². The number of anilines is 1. The van der Waals surface area contributed by atoms with Gasteiger partial charge in [-0.1, -0.05) is 18.2 Å². The first-order valence-electron chi connectivity index (χ1n) is 8.19. The molecule has 0 saturated heterocycles. The topological polar surface area (TPSA) is 111 Å². The summed E-state index contributed by atoms with van der Waals surface area (Å²) in [7, 11) is 0. The number of hydrogen-bond acceptors (Lipinski definition) is 6. The summed E-state index contributed by atoms with van der Waals surface area (Å²) in [6, 6.07) is 8.53. The molecule has 3 aromatic heterocycles. The molecule has 5 aromatic rings. The molecule has 3 heterocycles. The minimum absolute atomic E-state index is 0.281. The summed E-state index contributed by atoms with van der Waals surface area (Å²) in [5.41, 5.74) is 10.3. The summed E-state index contributed by atoms with van der Waals surface area (Å²) < 4.78 is 15.2. The fraction of sp³-hybridized carbons (Fsp3) is 0.0556. The second-order valence-electron chi connectivity index (χ2n) is 6.22. The lowest BCUT2D eigenvalue weighted by Gasteiger charge is -2.13. The number of fused-ring (bicyclic) bond motifs is 2. The van der Waals surface area contributed by atoms with Crippen LogP contribution in [0.25, 0.3) is 38.9 Å². The maximum Gasteiger partial charge on any atom is 0.184 e. The van der Waals surface area contributed by atoms with Crippen molar-refractivity contribution in [1.82, 2.24) is 35.2 Å². The molecule has 0 radical (unpaired) electrons. The van der Waals surface area contributed by atoms with Crippen LogP contribution >= 0.6 is 0 Å². The van der Waals surface area contributed by atoms with E-state index in [9.17, 15) is 4.39 Å². The lowest BCUT2D eigenvalue weighted by Crippen LogP contribution is -2.04. The molecule has 132 valence electrons. The Morgan fingerprint density at radius 1 is 1.11 bits per heavy atom. The number of nitrogens with one attached hydrogen (secondary N) is 1. The van der Waals surface area contributed by atoms with E-state index in [0.29, 0.717) is 22.9 Å². The van der Waals surface area contributed by atoms with Gasteiger partial charge in [-0.3, -0.25) is 0 Å². The van der Waals surface area contributed by atoms with Crippen LogP contribution in [-0.2, 0) is 0 Å². The molecule has 9 heteroatoms. The zero-order chi connectivity index (χ0) is 18.5. The van der Waals surface area contributed by atoms with Crippen molar-refractivity contribution >= 4 is 22.2 Å². The van der Waals surface area contributed by atoms with E-state index in [2.05, 4.69) is 30.7 Å². The molecule has 3 N–H and O–H groups in total. The predicted molar refractivity (Wildman–Crippen MR) is 98.2 cm³/mol. The van der Waals surface area contributed by atoms with Crippen LogP contribution in [0.5, 0.6) is 0 Å². The molecule has 0 amide bonds. The van der Waals surface area contributed by atoms with Crippen LogP contribution in [0.15, 0.2) is 42.7 Å². The number of aryl methyl sites for hydroxylation is 1. The number of H-pyrrole nitrogens is 1. The van der Waals surface area contributed by atoms with Gasteiger partial charge >= 0.3 is 0 Å². The van der Waals surface area contributed by atoms with Gasteiger partial charge in [0, 0.05) is 11.8 Å². The summed E-state index contributed by atoms with van der Waals surface area (Å²) in [6.07, 6.45) is 3.31. The second-order valence-corrected chi connectivity index (χ2v) is 6.22. The van der Waals surface area contributed by atoms with Crippen molar-refractivity contribution < 1.29 is 4.39 Å². The van der Waals surface area contributed by atoms with E-state index in [4.69, 9.17) is 5.73 Å². The highest BCUT2D eigenvalue weighted by Gasteiger charge is 2.18. The number of hydrogen-bond donors (Lipinski definition) is 2. The van der Waals surface area contributed by atoms with Crippen molar-refractivity contribution in [2.45, 2.75) is 6.92 Å². The number of benzene rings is 2. The van der Waals surface area contributed by atoms with Gasteiger partial charge in [-0.05, 0) is 51.4 Å². The zero-order valence-electron chi connectivity index (χ0n) is 14.2. The molecule has 0 bridgehead atoms. The maximum absolute atomic E-state index is 13.6. The van der Waals surface area contributed by atoms with E-state index in [0.717, 1.165) is 27.5 Å². The van der Waals surface area contributed by atoms with Crippen LogP contribution in [0.1, 0.15) is 5.56 Å². The Morgan fingerprint density at radius 3 is 2.81 bits per heavy atom. The fourth-order valence-corrected chi connectivity index (χ4v) is 3.35. The Balaban J connectivity index is 1.79. The molecule has 2 aromatic carbocycles. The molecule has 0 spiro atoms. The lowest BCUT2D eigenvalue weighted by molar-refractivity contribution is 0.630. The molecule has 0 aliphatic carbocycles. The summed E-state index contributed by atoms with van der Waals surface area (Å²) in [5.74, 6) is 0.608. The van der Waals surface area contributed by atoms with Gasteiger partial charge in [0.05, 0.1) is 11.8 Å². The third kappa shape index (κ3) is 2.25. The molecule has 0 fully saturated rings. The quantitative estimate of drug-likeness (QED) is 0.501. The SMILES string of the molecule is Cc1ccc2cc(F)ccc2c1-c1cnc2c(-c3nnn[nH]3)cnn2c1N. The summed E-state index contributed by atoms with van der Waals surface area (Å²) >= 11 is 0. The molecule has 0 saturated carbocycles. The van der Waals surface area contributed by atoms with Gasteiger partial charge in [0.15, 0.2) is 11.5 Å². The van der Waals surface area contributed by atoms with E-state index < -0.39 is 0 Å². The third-order valence-corrected chi connectivity index (χ3v) is 4.62. The standard InChI is InChI=1S/C18H13FN8/c1-9-2-3-10-6-11(19)4-5-12(10)15(9)13-7-21-18-14(17-23-25-26-24-17)8-22-27(18)16(13)20/h2-8H,20H2,1H3,(H,23,24,25,26). The minimum Gasteiger partial charge on any atom is -0.383 e. The summed E-state index contributed by atoms with van der Waals surface area (Å²) in [5, 5.41) is 19.8. The average molecular weight is 360 g/mol. The number of nitrogens with two attached hydrogens (primary N) is 1. The Bertz CT molecular complexity index is 1310. The van der Waals surface area contributed by atoms with Crippen molar-refractivity contribution in [1.29, 1.82) is 0 Å². The largest absolute Gasteiger partial charge is 0.383 e. The lowest BCUT2D eigenvalue weighted by atomic mass is 9.95. The number of tetrazole rings is 1. The Labute approximate surface area is 151 Å². The van der Waals surface area contributed by atoms with Crippen LogP contribution in [0, 0.1) is 12.7 Å². The number of nitrogens with zero attached hydrogens (tertiary/aromatic N) is 6. The summed E-state index contributed by atoms with van der Waals surface area (Å²) in [4.78, 5) is 4.53. The third-order valence-electron chi connectivity index (χ3n) is 4.62. The van der Waals surface area contributed by atoms with E-state index in [1.807, 2.05) is 19.1 Å². The van der Waals surface area contributed by atoms with Crippen LogP contribution in [-0.4, -0.2) is 35.2 Å². The van der Waals surface area contributed by atoms with Crippen LogP contribution < -0.4 is 5.73 Å². The monoisotopic (exact) mass is 360 g/mol. The molecular weight excluding hydrogens is 347 g/mol. The van der Waals surface area contributed by atoms with Gasteiger partial charge in [-0.2, -0.15) is 9.61 Å². The van der Waals surface area contributed by atoms with Gasteiger partial charge in [0.25, 0.3) is 0 Å². The number of nitrogen functional groups attached to an aromatic ring is 1. The number of halogens is 1. The van der Waals surface area contributed by atoms with Crippen LogP contribution in [0.3, 0.4) is 0 Å².